The molecule has 0 atom stereocenters. The van der Waals surface area contributed by atoms with Crippen LogP contribution in [0, 0.1) is 6.92 Å². The summed E-state index contributed by atoms with van der Waals surface area (Å²) in [7, 11) is 0. The van der Waals surface area contributed by atoms with Crippen molar-refractivity contribution in [3.63, 3.8) is 0 Å². The average Bonchev–Trinajstić information content (AvgIpc) is 2.62. The molecular weight excluding hydrogens is 244 g/mol. The molecule has 1 aromatic carbocycles. The number of aryl methyl sites for hydroxylation is 1. The number of carbonyl (C=O) groups excluding carboxylic acids is 1. The van der Waals surface area contributed by atoms with E-state index < -0.39 is 5.91 Å². The second-order valence-electron chi connectivity index (χ2n) is 3.37. The van der Waals surface area contributed by atoms with Gasteiger partial charge in [-0.3, -0.25) is 10.1 Å². The first-order chi connectivity index (χ1) is 8.04. The predicted molar refractivity (Wildman–Crippen MR) is 62.9 cm³/mol. The third-order valence-electron chi connectivity index (χ3n) is 1.93. The van der Waals surface area contributed by atoms with Crippen LogP contribution >= 0.6 is 11.6 Å². The number of anilines is 2. The molecule has 3 N–H and O–H groups in total. The zero-order valence-corrected chi connectivity index (χ0v) is 9.65. The van der Waals surface area contributed by atoms with Crippen molar-refractivity contribution in [3.05, 3.63) is 34.6 Å². The van der Waals surface area contributed by atoms with Crippen molar-refractivity contribution in [2.45, 2.75) is 6.92 Å². The Hall–Kier alpha value is -2.08. The summed E-state index contributed by atoms with van der Waals surface area (Å²) in [4.78, 5) is 15.6. The summed E-state index contributed by atoms with van der Waals surface area (Å²) in [5.41, 5.74) is 6.31. The van der Waals surface area contributed by atoms with E-state index in [0.29, 0.717) is 22.1 Å². The summed E-state index contributed by atoms with van der Waals surface area (Å²) in [6.45, 7) is 1.65. The van der Waals surface area contributed by atoms with E-state index in [1.54, 1.807) is 13.0 Å². The molecular formula is C10H9ClN4O2. The maximum Gasteiger partial charge on any atom is 0.328 e. The minimum absolute atomic E-state index is 0.0334. The first-order valence-electron chi connectivity index (χ1n) is 4.72. The van der Waals surface area contributed by atoms with Crippen LogP contribution in [0.5, 0.6) is 0 Å². The van der Waals surface area contributed by atoms with Gasteiger partial charge in [-0.15, -0.1) is 0 Å². The zero-order valence-electron chi connectivity index (χ0n) is 8.90. The van der Waals surface area contributed by atoms with Gasteiger partial charge in [0.2, 0.25) is 0 Å². The topological polar surface area (TPSA) is 94.0 Å². The Morgan fingerprint density at radius 3 is 2.82 bits per heavy atom. The molecule has 88 valence electrons. The number of amides is 1. The van der Waals surface area contributed by atoms with Gasteiger partial charge in [-0.05, 0) is 25.1 Å². The highest BCUT2D eigenvalue weighted by Gasteiger charge is 2.11. The fraction of sp³-hybridized carbons (Fsp3) is 0.100. The Bertz CT molecular complexity index is 547. The van der Waals surface area contributed by atoms with Gasteiger partial charge in [-0.25, -0.2) is 0 Å². The highest BCUT2D eigenvalue weighted by Crippen LogP contribution is 2.17. The van der Waals surface area contributed by atoms with Crippen molar-refractivity contribution in [1.29, 1.82) is 0 Å². The Balaban J connectivity index is 2.19. The number of hydrogen-bond donors (Lipinski definition) is 2. The van der Waals surface area contributed by atoms with Crippen molar-refractivity contribution in [2.24, 2.45) is 0 Å². The first kappa shape index (κ1) is 11.4. The highest BCUT2D eigenvalue weighted by atomic mass is 35.5. The molecule has 7 heteroatoms. The largest absolute Gasteiger partial charge is 0.399 e. The van der Waals surface area contributed by atoms with Crippen molar-refractivity contribution in [1.82, 2.24) is 10.1 Å². The number of benzene rings is 1. The lowest BCUT2D eigenvalue weighted by molar-refractivity contribution is 0.102. The number of hydrogen-bond acceptors (Lipinski definition) is 5. The van der Waals surface area contributed by atoms with Gasteiger partial charge in [0.1, 0.15) is 0 Å². The van der Waals surface area contributed by atoms with Gasteiger partial charge in [0.15, 0.2) is 5.82 Å². The van der Waals surface area contributed by atoms with Crippen LogP contribution in [0.2, 0.25) is 5.02 Å². The van der Waals surface area contributed by atoms with E-state index in [1.165, 1.54) is 12.1 Å². The molecule has 17 heavy (non-hydrogen) atoms. The minimum atomic E-state index is -0.414. The molecule has 2 rings (SSSR count). The van der Waals surface area contributed by atoms with Gasteiger partial charge in [0.25, 0.3) is 5.91 Å². The molecule has 0 spiro atoms. The lowest BCUT2D eigenvalue weighted by Gasteiger charge is -2.02. The van der Waals surface area contributed by atoms with Gasteiger partial charge in [-0.2, -0.15) is 4.98 Å². The normalized spacial score (nSPS) is 10.2. The molecule has 1 amide bonds. The van der Waals surface area contributed by atoms with Crippen molar-refractivity contribution in [3.8, 4) is 0 Å². The van der Waals surface area contributed by atoms with E-state index in [4.69, 9.17) is 21.9 Å². The van der Waals surface area contributed by atoms with Crippen molar-refractivity contribution >= 4 is 29.2 Å². The van der Waals surface area contributed by atoms with Gasteiger partial charge in [0, 0.05) is 16.3 Å². The maximum absolute atomic E-state index is 11.8. The molecule has 1 aromatic heterocycles. The lowest BCUT2D eigenvalue weighted by Crippen LogP contribution is -2.12. The van der Waals surface area contributed by atoms with Crippen LogP contribution in [0.25, 0.3) is 0 Å². The molecule has 0 radical (unpaired) electrons. The molecule has 6 nitrogen and oxygen atoms in total. The van der Waals surface area contributed by atoms with E-state index in [0.717, 1.165) is 0 Å². The molecule has 2 aromatic rings. The number of carbonyl (C=O) groups is 1. The van der Waals surface area contributed by atoms with E-state index in [-0.39, 0.29) is 6.01 Å². The zero-order chi connectivity index (χ0) is 12.4. The lowest BCUT2D eigenvalue weighted by atomic mass is 10.2. The van der Waals surface area contributed by atoms with Crippen LogP contribution < -0.4 is 11.1 Å². The van der Waals surface area contributed by atoms with Crippen LogP contribution in [0.4, 0.5) is 11.7 Å². The molecule has 0 bridgehead atoms. The summed E-state index contributed by atoms with van der Waals surface area (Å²) in [6.07, 6.45) is 0. The van der Waals surface area contributed by atoms with Crippen LogP contribution in [-0.2, 0) is 0 Å². The van der Waals surface area contributed by atoms with Crippen molar-refractivity contribution < 1.29 is 9.32 Å². The molecule has 1 heterocycles. The van der Waals surface area contributed by atoms with Gasteiger partial charge >= 0.3 is 6.01 Å². The standard InChI is InChI=1S/C10H9ClN4O2/c1-5-13-10(17-15-5)14-9(16)6-2-7(11)4-8(12)3-6/h2-4H,12H2,1H3,(H,13,14,15,16). The summed E-state index contributed by atoms with van der Waals surface area (Å²) in [6, 6.07) is 4.59. The fourth-order valence-corrected chi connectivity index (χ4v) is 1.50. The van der Waals surface area contributed by atoms with Gasteiger partial charge in [-0.1, -0.05) is 16.8 Å². The van der Waals surface area contributed by atoms with E-state index in [2.05, 4.69) is 15.5 Å². The Kier molecular flexibility index (Phi) is 2.97. The van der Waals surface area contributed by atoms with Crippen LogP contribution in [0.15, 0.2) is 22.7 Å². The second kappa shape index (κ2) is 4.42. The third-order valence-corrected chi connectivity index (χ3v) is 2.15. The number of aromatic nitrogens is 2. The third kappa shape index (κ3) is 2.73. The first-order valence-corrected chi connectivity index (χ1v) is 5.10. The summed E-state index contributed by atoms with van der Waals surface area (Å²) < 4.78 is 4.76. The van der Waals surface area contributed by atoms with E-state index in [1.807, 2.05) is 0 Å². The quantitative estimate of drug-likeness (QED) is 0.796. The summed E-state index contributed by atoms with van der Waals surface area (Å²) in [5.74, 6) is 0.0220. The Morgan fingerprint density at radius 2 is 2.24 bits per heavy atom. The van der Waals surface area contributed by atoms with Crippen LogP contribution in [-0.4, -0.2) is 16.0 Å². The number of nitrogens with two attached hydrogens (primary N) is 1. The fourth-order valence-electron chi connectivity index (χ4n) is 1.26. The number of nitrogens with one attached hydrogen (secondary N) is 1. The molecule has 0 aliphatic heterocycles. The number of rotatable bonds is 2. The SMILES string of the molecule is Cc1noc(NC(=O)c2cc(N)cc(Cl)c2)n1. The molecule has 0 saturated carbocycles. The monoisotopic (exact) mass is 252 g/mol. The highest BCUT2D eigenvalue weighted by molar-refractivity contribution is 6.31. The van der Waals surface area contributed by atoms with E-state index >= 15 is 0 Å². The van der Waals surface area contributed by atoms with Crippen LogP contribution in [0.1, 0.15) is 16.2 Å². The molecule has 0 saturated heterocycles. The molecule has 0 fully saturated rings. The number of nitrogen functional groups attached to an aromatic ring is 1. The predicted octanol–water partition coefficient (Wildman–Crippen LogP) is 1.87. The molecule has 0 aliphatic rings. The summed E-state index contributed by atoms with van der Waals surface area (Å²) in [5, 5.41) is 6.37. The van der Waals surface area contributed by atoms with Gasteiger partial charge in [0.05, 0.1) is 0 Å². The summed E-state index contributed by atoms with van der Waals surface area (Å²) >= 11 is 5.79. The smallest absolute Gasteiger partial charge is 0.328 e. The number of nitrogens with zero attached hydrogens (tertiary/aromatic N) is 2. The molecule has 0 unspecified atom stereocenters. The van der Waals surface area contributed by atoms with Gasteiger partial charge < -0.3 is 10.3 Å². The minimum Gasteiger partial charge on any atom is -0.399 e. The maximum atomic E-state index is 11.8. The Labute approximate surface area is 102 Å². The van der Waals surface area contributed by atoms with Crippen molar-refractivity contribution in [2.75, 3.05) is 11.1 Å². The molecule has 0 aliphatic carbocycles. The van der Waals surface area contributed by atoms with Crippen LogP contribution in [0.3, 0.4) is 0 Å². The second-order valence-corrected chi connectivity index (χ2v) is 3.81. The average molecular weight is 253 g/mol. The van der Waals surface area contributed by atoms with E-state index in [9.17, 15) is 4.79 Å². The Morgan fingerprint density at radius 1 is 1.47 bits per heavy atom. The number of halogens is 1.